The minimum Gasteiger partial charge on any atom is -0.376 e. The van der Waals surface area contributed by atoms with E-state index in [1.165, 1.54) is 95.0 Å². The molecular weight excluding hydrogens is 567 g/mol. The summed E-state index contributed by atoms with van der Waals surface area (Å²) >= 11 is 0. The number of fused-ring (bicyclic) bond motifs is 8. The van der Waals surface area contributed by atoms with Crippen LogP contribution in [0.5, 0.6) is 0 Å². The second kappa shape index (κ2) is 8.86. The van der Waals surface area contributed by atoms with E-state index in [0.29, 0.717) is 0 Å². The Hall–Kier alpha value is -5.02. The highest BCUT2D eigenvalue weighted by atomic mass is 15.2. The van der Waals surface area contributed by atoms with Crippen molar-refractivity contribution < 1.29 is 0 Å². The van der Waals surface area contributed by atoms with E-state index in [-0.39, 0.29) is 17.7 Å². The standard InChI is InChI=1S/C44H37BN2/c1-26-14-11-15-27(2)39(26)28-24-30-29-16-12-19-33-41(29)47(37-23-10-8-18-32(37)44(33,5)6)45-35-21-13-20-34-42(35)46(38(25-28)40(30)45)36-22-9-7-17-31(36)43(34,3)4/h7-25H,1-6H3. The van der Waals surface area contributed by atoms with Crippen molar-refractivity contribution in [2.75, 3.05) is 9.71 Å². The van der Waals surface area contributed by atoms with E-state index >= 15 is 0 Å². The molecule has 3 heteroatoms. The van der Waals surface area contributed by atoms with Crippen LogP contribution in [-0.4, -0.2) is 6.85 Å². The van der Waals surface area contributed by atoms with E-state index in [1.54, 1.807) is 0 Å². The van der Waals surface area contributed by atoms with Crippen molar-refractivity contribution in [2.45, 2.75) is 52.4 Å². The molecule has 6 aromatic rings. The molecule has 0 N–H and O–H groups in total. The maximum absolute atomic E-state index is 2.70. The molecule has 0 aliphatic carbocycles. The Kier molecular flexibility index (Phi) is 5.12. The zero-order valence-electron chi connectivity index (χ0n) is 27.9. The quantitative estimate of drug-likeness (QED) is 0.172. The third-order valence-corrected chi connectivity index (χ3v) is 11.9. The smallest absolute Gasteiger partial charge is 0.333 e. The first-order valence-corrected chi connectivity index (χ1v) is 17.0. The van der Waals surface area contributed by atoms with Crippen LogP contribution < -0.4 is 20.6 Å². The van der Waals surface area contributed by atoms with Crippen LogP contribution in [0.15, 0.2) is 115 Å². The van der Waals surface area contributed by atoms with Gasteiger partial charge >= 0.3 is 6.85 Å². The summed E-state index contributed by atoms with van der Waals surface area (Å²) in [6.45, 7) is 14.2. The van der Waals surface area contributed by atoms with Gasteiger partial charge in [0.25, 0.3) is 0 Å². The van der Waals surface area contributed by atoms with Gasteiger partial charge in [-0.1, -0.05) is 119 Å². The zero-order chi connectivity index (χ0) is 32.0. The van der Waals surface area contributed by atoms with Crippen molar-refractivity contribution in [2.24, 2.45) is 0 Å². The lowest BCUT2D eigenvalue weighted by Gasteiger charge is -2.53. The summed E-state index contributed by atoms with van der Waals surface area (Å²) in [6, 6.07) is 44.0. The van der Waals surface area contributed by atoms with Gasteiger partial charge in [0.15, 0.2) is 0 Å². The first-order valence-electron chi connectivity index (χ1n) is 17.0. The van der Waals surface area contributed by atoms with Gasteiger partial charge in [0.05, 0.1) is 5.69 Å². The Labute approximate surface area is 278 Å². The minimum atomic E-state index is -0.136. The Morgan fingerprint density at radius 3 is 1.81 bits per heavy atom. The van der Waals surface area contributed by atoms with Crippen LogP contribution in [0.25, 0.3) is 22.3 Å². The average molecular weight is 605 g/mol. The molecule has 0 aromatic heterocycles. The number of aryl methyl sites for hydroxylation is 2. The summed E-state index contributed by atoms with van der Waals surface area (Å²) in [6.07, 6.45) is 0. The molecular formula is C44H37BN2. The summed E-state index contributed by atoms with van der Waals surface area (Å²) in [5, 5.41) is 0. The number of hydrogen-bond acceptors (Lipinski definition) is 2. The van der Waals surface area contributed by atoms with Gasteiger partial charge in [0, 0.05) is 39.1 Å². The predicted molar refractivity (Wildman–Crippen MR) is 199 cm³/mol. The van der Waals surface area contributed by atoms with E-state index in [0.717, 1.165) is 0 Å². The van der Waals surface area contributed by atoms with Gasteiger partial charge in [-0.25, -0.2) is 0 Å². The van der Waals surface area contributed by atoms with E-state index in [4.69, 9.17) is 0 Å². The van der Waals surface area contributed by atoms with Crippen molar-refractivity contribution >= 4 is 46.2 Å². The van der Waals surface area contributed by atoms with Crippen LogP contribution >= 0.6 is 0 Å². The zero-order valence-corrected chi connectivity index (χ0v) is 27.9. The molecule has 0 atom stereocenters. The molecule has 0 fully saturated rings. The third kappa shape index (κ3) is 3.22. The number of para-hydroxylation sites is 4. The van der Waals surface area contributed by atoms with Crippen molar-refractivity contribution in [3.05, 3.63) is 149 Å². The summed E-state index contributed by atoms with van der Waals surface area (Å²) in [4.78, 5) is 5.32. The molecule has 4 aliphatic heterocycles. The van der Waals surface area contributed by atoms with Crippen molar-refractivity contribution in [1.29, 1.82) is 0 Å². The molecule has 0 saturated heterocycles. The van der Waals surface area contributed by atoms with E-state index in [1.807, 2.05) is 0 Å². The van der Waals surface area contributed by atoms with E-state index in [9.17, 15) is 0 Å². The molecule has 226 valence electrons. The molecule has 6 aromatic carbocycles. The Bertz CT molecular complexity index is 2340. The van der Waals surface area contributed by atoms with Crippen molar-refractivity contribution in [3.8, 4) is 22.3 Å². The Morgan fingerprint density at radius 1 is 0.511 bits per heavy atom. The first kappa shape index (κ1) is 27.1. The van der Waals surface area contributed by atoms with Gasteiger partial charge < -0.3 is 9.71 Å². The van der Waals surface area contributed by atoms with E-state index in [2.05, 4.69) is 167 Å². The van der Waals surface area contributed by atoms with Gasteiger partial charge in [-0.3, -0.25) is 0 Å². The number of hydrogen-bond donors (Lipinski definition) is 0. The molecule has 0 unspecified atom stereocenters. The monoisotopic (exact) mass is 604 g/mol. The summed E-state index contributed by atoms with van der Waals surface area (Å²) in [5.74, 6) is 0. The number of benzene rings is 6. The number of rotatable bonds is 1. The lowest BCUT2D eigenvalue weighted by atomic mass is 9.41. The highest BCUT2D eigenvalue weighted by Crippen LogP contribution is 2.58. The SMILES string of the molecule is Cc1cccc(C)c1-c1cc2c3c(c1)N1c4ccccc4C(C)(C)c4cccc(c41)B3N1c3ccccc3C(C)(C)c3cccc-2c31. The molecule has 10 rings (SSSR count). The Morgan fingerprint density at radius 2 is 1.09 bits per heavy atom. The number of anilines is 5. The van der Waals surface area contributed by atoms with Crippen molar-refractivity contribution in [3.63, 3.8) is 0 Å². The van der Waals surface area contributed by atoms with Crippen LogP contribution in [0, 0.1) is 13.8 Å². The van der Waals surface area contributed by atoms with Gasteiger partial charge in [-0.2, -0.15) is 0 Å². The van der Waals surface area contributed by atoms with Crippen LogP contribution in [0.4, 0.5) is 28.4 Å². The summed E-state index contributed by atoms with van der Waals surface area (Å²) in [7, 11) is 0. The second-order valence-corrected chi connectivity index (χ2v) is 15.1. The van der Waals surface area contributed by atoms with Crippen LogP contribution in [0.2, 0.25) is 0 Å². The maximum atomic E-state index is 2.70. The fourth-order valence-corrected chi connectivity index (χ4v) is 9.69. The molecule has 0 radical (unpaired) electrons. The maximum Gasteiger partial charge on any atom is 0.333 e. The highest BCUT2D eigenvalue weighted by molar-refractivity contribution is 6.93. The average Bonchev–Trinajstić information content (AvgIpc) is 3.07. The minimum absolute atomic E-state index is 0.0465. The molecule has 4 aliphatic rings. The molecule has 0 bridgehead atoms. The van der Waals surface area contributed by atoms with Crippen molar-refractivity contribution in [1.82, 2.24) is 0 Å². The lowest BCUT2D eigenvalue weighted by molar-refractivity contribution is 0.632. The van der Waals surface area contributed by atoms with Crippen LogP contribution in [0.3, 0.4) is 0 Å². The lowest BCUT2D eigenvalue weighted by Crippen LogP contribution is -2.63. The molecule has 2 nitrogen and oxygen atoms in total. The second-order valence-electron chi connectivity index (χ2n) is 15.1. The molecule has 0 spiro atoms. The third-order valence-electron chi connectivity index (χ3n) is 11.9. The topological polar surface area (TPSA) is 6.48 Å². The normalized spacial score (nSPS) is 16.5. The van der Waals surface area contributed by atoms with Gasteiger partial charge in [0.2, 0.25) is 0 Å². The van der Waals surface area contributed by atoms with Crippen LogP contribution in [0.1, 0.15) is 61.1 Å². The largest absolute Gasteiger partial charge is 0.376 e. The van der Waals surface area contributed by atoms with Crippen LogP contribution in [-0.2, 0) is 10.8 Å². The van der Waals surface area contributed by atoms with Gasteiger partial charge in [-0.15, -0.1) is 0 Å². The summed E-state index contributed by atoms with van der Waals surface area (Å²) in [5.41, 5.74) is 22.6. The Balaban J connectivity index is 1.41. The first-order chi connectivity index (χ1) is 22.7. The predicted octanol–water partition coefficient (Wildman–Crippen LogP) is 9.96. The molecule has 0 saturated carbocycles. The van der Waals surface area contributed by atoms with Gasteiger partial charge in [0.1, 0.15) is 0 Å². The molecule has 0 amide bonds. The number of nitrogens with zero attached hydrogens (tertiary/aromatic N) is 2. The highest BCUT2D eigenvalue weighted by Gasteiger charge is 2.52. The summed E-state index contributed by atoms with van der Waals surface area (Å²) < 4.78 is 0. The fraction of sp³-hybridized carbons (Fsp3) is 0.182. The van der Waals surface area contributed by atoms with Gasteiger partial charge in [-0.05, 0) is 99.1 Å². The molecule has 4 heterocycles. The molecule has 47 heavy (non-hydrogen) atoms. The van der Waals surface area contributed by atoms with E-state index < -0.39 is 0 Å². The fourth-order valence-electron chi connectivity index (χ4n) is 9.69.